The molecule has 0 spiro atoms. The van der Waals surface area contributed by atoms with E-state index in [9.17, 15) is 9.59 Å². The third-order valence-electron chi connectivity index (χ3n) is 4.35. The zero-order chi connectivity index (χ0) is 17.9. The normalized spacial score (nSPS) is 18.5. The average Bonchev–Trinajstić information content (AvgIpc) is 3.04. The topological polar surface area (TPSA) is 95.9 Å². The third kappa shape index (κ3) is 3.90. The zero-order valence-corrected chi connectivity index (χ0v) is 15.0. The molecule has 0 atom stereocenters. The van der Waals surface area contributed by atoms with Gasteiger partial charge in [0.15, 0.2) is 5.13 Å². The number of hydrogen-bond acceptors (Lipinski definition) is 7. The maximum atomic E-state index is 12.2. The van der Waals surface area contributed by atoms with Gasteiger partial charge >= 0.3 is 0 Å². The molecule has 9 heteroatoms. The fourth-order valence-corrected chi connectivity index (χ4v) is 3.87. The van der Waals surface area contributed by atoms with E-state index in [4.69, 9.17) is 4.74 Å². The number of thiazole rings is 1. The molecular formula is C17H19N5O3S. The number of nitrogens with zero attached hydrogens (tertiary/aromatic N) is 3. The fraction of sp³-hybridized carbons (Fsp3) is 0.412. The van der Waals surface area contributed by atoms with E-state index < -0.39 is 0 Å². The predicted molar refractivity (Wildman–Crippen MR) is 99.2 cm³/mol. The number of carbonyl (C=O) groups is 2. The molecule has 2 aromatic rings. The molecule has 136 valence electrons. The number of nitrogens with one attached hydrogen (secondary N) is 2. The molecule has 4 rings (SSSR count). The summed E-state index contributed by atoms with van der Waals surface area (Å²) in [6.45, 7) is 4.34. The second kappa shape index (κ2) is 7.48. The number of morpholine rings is 1. The highest BCUT2D eigenvalue weighted by Gasteiger charge is 2.19. The summed E-state index contributed by atoms with van der Waals surface area (Å²) >= 11 is 1.44. The highest BCUT2D eigenvalue weighted by molar-refractivity contribution is 7.22. The van der Waals surface area contributed by atoms with E-state index in [0.717, 1.165) is 43.1 Å². The molecule has 0 saturated carbocycles. The van der Waals surface area contributed by atoms with Crippen LogP contribution in [0.4, 0.5) is 5.13 Å². The van der Waals surface area contributed by atoms with Gasteiger partial charge in [0, 0.05) is 32.5 Å². The summed E-state index contributed by atoms with van der Waals surface area (Å²) in [6, 6.07) is 6.18. The average molecular weight is 373 g/mol. The Hall–Kier alpha value is -2.36. The van der Waals surface area contributed by atoms with Gasteiger partial charge in [0.2, 0.25) is 5.91 Å². The molecule has 2 amide bonds. The lowest BCUT2D eigenvalue weighted by molar-refractivity contribution is -0.121. The van der Waals surface area contributed by atoms with Crippen LogP contribution in [-0.2, 0) is 20.9 Å². The van der Waals surface area contributed by atoms with Gasteiger partial charge in [0.05, 0.1) is 23.4 Å². The van der Waals surface area contributed by atoms with E-state index in [2.05, 4.69) is 37.9 Å². The quantitative estimate of drug-likeness (QED) is 0.843. The van der Waals surface area contributed by atoms with Crippen LogP contribution in [0.5, 0.6) is 0 Å². The number of benzene rings is 1. The molecule has 0 bridgehead atoms. The summed E-state index contributed by atoms with van der Waals surface area (Å²) < 4.78 is 6.41. The van der Waals surface area contributed by atoms with E-state index in [1.165, 1.54) is 16.9 Å². The van der Waals surface area contributed by atoms with Crippen LogP contribution in [0.15, 0.2) is 23.3 Å². The minimum Gasteiger partial charge on any atom is -0.379 e. The Bertz CT molecular complexity index is 872. The van der Waals surface area contributed by atoms with Crippen molar-refractivity contribution in [3.8, 4) is 0 Å². The summed E-state index contributed by atoms with van der Waals surface area (Å²) in [5.41, 5.74) is 4.72. The van der Waals surface area contributed by atoms with Crippen molar-refractivity contribution in [3.05, 3.63) is 23.8 Å². The van der Waals surface area contributed by atoms with Gasteiger partial charge in [-0.15, -0.1) is 0 Å². The smallest absolute Gasteiger partial charge is 0.273 e. The first kappa shape index (κ1) is 17.1. The lowest BCUT2D eigenvalue weighted by atomic mass is 10.2. The first-order chi connectivity index (χ1) is 12.7. The Morgan fingerprint density at radius 3 is 2.92 bits per heavy atom. The van der Waals surface area contributed by atoms with Gasteiger partial charge in [-0.25, -0.2) is 10.4 Å². The minimum absolute atomic E-state index is 0.172. The number of anilines is 1. The molecule has 1 aromatic carbocycles. The monoisotopic (exact) mass is 373 g/mol. The molecule has 1 aromatic heterocycles. The fourth-order valence-electron chi connectivity index (χ4n) is 2.95. The van der Waals surface area contributed by atoms with Crippen molar-refractivity contribution >= 4 is 44.2 Å². The number of ether oxygens (including phenoxy) is 1. The van der Waals surface area contributed by atoms with Crippen LogP contribution in [-0.4, -0.2) is 53.7 Å². The molecule has 2 aliphatic heterocycles. The molecule has 0 unspecified atom stereocenters. The number of amides is 2. The molecular weight excluding hydrogens is 354 g/mol. The van der Waals surface area contributed by atoms with Crippen molar-refractivity contribution in [3.63, 3.8) is 0 Å². The van der Waals surface area contributed by atoms with Gasteiger partial charge in [0.1, 0.15) is 5.71 Å². The molecule has 0 radical (unpaired) electrons. The van der Waals surface area contributed by atoms with E-state index in [0.29, 0.717) is 17.3 Å². The molecule has 2 aliphatic rings. The largest absolute Gasteiger partial charge is 0.379 e. The van der Waals surface area contributed by atoms with Crippen LogP contribution in [0.2, 0.25) is 0 Å². The van der Waals surface area contributed by atoms with Crippen LogP contribution >= 0.6 is 11.3 Å². The van der Waals surface area contributed by atoms with Crippen molar-refractivity contribution in [1.82, 2.24) is 15.3 Å². The van der Waals surface area contributed by atoms with E-state index in [1.54, 1.807) is 0 Å². The molecule has 3 heterocycles. The van der Waals surface area contributed by atoms with Crippen LogP contribution < -0.4 is 10.7 Å². The molecule has 8 nitrogen and oxygen atoms in total. The van der Waals surface area contributed by atoms with Crippen LogP contribution in [0, 0.1) is 0 Å². The van der Waals surface area contributed by atoms with Gasteiger partial charge in [-0.05, 0) is 17.7 Å². The van der Waals surface area contributed by atoms with Crippen LogP contribution in [0.3, 0.4) is 0 Å². The van der Waals surface area contributed by atoms with E-state index in [1.807, 2.05) is 6.07 Å². The number of aromatic nitrogens is 1. The first-order valence-corrected chi connectivity index (χ1v) is 9.35. The highest BCUT2D eigenvalue weighted by Crippen LogP contribution is 2.27. The minimum atomic E-state index is -0.322. The maximum absolute atomic E-state index is 12.2. The van der Waals surface area contributed by atoms with E-state index >= 15 is 0 Å². The second-order valence-electron chi connectivity index (χ2n) is 6.26. The van der Waals surface area contributed by atoms with Gasteiger partial charge < -0.3 is 4.74 Å². The Labute approximate surface area is 154 Å². The summed E-state index contributed by atoms with van der Waals surface area (Å²) in [7, 11) is 0. The Morgan fingerprint density at radius 1 is 1.31 bits per heavy atom. The summed E-state index contributed by atoms with van der Waals surface area (Å²) in [6.07, 6.45) is 0.614. The standard InChI is InChI=1S/C17H19N5O3S/c23-15-4-3-13(20-21-15)16(24)19-17-18-12-2-1-11(9-14(12)26-17)10-22-5-7-25-8-6-22/h1-2,9H,3-8,10H2,(H,21,23)(H,18,19,24). The summed E-state index contributed by atoms with van der Waals surface area (Å²) in [5, 5.41) is 7.12. The molecule has 26 heavy (non-hydrogen) atoms. The van der Waals surface area contributed by atoms with Gasteiger partial charge in [0.25, 0.3) is 5.91 Å². The van der Waals surface area contributed by atoms with Gasteiger partial charge in [-0.1, -0.05) is 17.4 Å². The summed E-state index contributed by atoms with van der Waals surface area (Å²) in [5.74, 6) is -0.494. The lowest BCUT2D eigenvalue weighted by Gasteiger charge is -2.26. The molecule has 1 fully saturated rings. The van der Waals surface area contributed by atoms with Crippen molar-refractivity contribution in [2.75, 3.05) is 31.6 Å². The van der Waals surface area contributed by atoms with Crippen LogP contribution in [0.1, 0.15) is 18.4 Å². The predicted octanol–water partition coefficient (Wildman–Crippen LogP) is 1.33. The maximum Gasteiger partial charge on any atom is 0.273 e. The Kier molecular flexibility index (Phi) is 4.91. The van der Waals surface area contributed by atoms with Crippen molar-refractivity contribution in [2.24, 2.45) is 5.10 Å². The highest BCUT2D eigenvalue weighted by atomic mass is 32.1. The van der Waals surface area contributed by atoms with Crippen molar-refractivity contribution in [2.45, 2.75) is 19.4 Å². The number of fused-ring (bicyclic) bond motifs is 1. The van der Waals surface area contributed by atoms with Crippen molar-refractivity contribution in [1.29, 1.82) is 0 Å². The van der Waals surface area contributed by atoms with Crippen LogP contribution in [0.25, 0.3) is 10.2 Å². The SMILES string of the molecule is O=C1CCC(C(=O)Nc2nc3ccc(CN4CCOCC4)cc3s2)=NN1. The van der Waals surface area contributed by atoms with Gasteiger partial charge in [-0.2, -0.15) is 5.10 Å². The Morgan fingerprint density at radius 2 is 2.15 bits per heavy atom. The molecule has 0 aliphatic carbocycles. The van der Waals surface area contributed by atoms with E-state index in [-0.39, 0.29) is 18.2 Å². The lowest BCUT2D eigenvalue weighted by Crippen LogP contribution is -2.35. The number of hydrogen-bond donors (Lipinski definition) is 2. The number of hydrazone groups is 1. The Balaban J connectivity index is 1.45. The number of rotatable bonds is 4. The van der Waals surface area contributed by atoms with Gasteiger partial charge in [-0.3, -0.25) is 19.8 Å². The molecule has 2 N–H and O–H groups in total. The number of carbonyl (C=O) groups excluding carboxylic acids is 2. The third-order valence-corrected chi connectivity index (χ3v) is 5.28. The second-order valence-corrected chi connectivity index (χ2v) is 7.29. The summed E-state index contributed by atoms with van der Waals surface area (Å²) in [4.78, 5) is 30.2. The van der Waals surface area contributed by atoms with Crippen molar-refractivity contribution < 1.29 is 14.3 Å². The first-order valence-electron chi connectivity index (χ1n) is 8.54. The zero-order valence-electron chi connectivity index (χ0n) is 14.2. The molecule has 1 saturated heterocycles.